The fourth-order valence-electron chi connectivity index (χ4n) is 4.60. The maximum Gasteiger partial charge on any atom is 0.259 e. The van der Waals surface area contributed by atoms with E-state index >= 15 is 0 Å². The van der Waals surface area contributed by atoms with E-state index in [1.165, 1.54) is 6.07 Å². The summed E-state index contributed by atoms with van der Waals surface area (Å²) in [5, 5.41) is 9.13. The van der Waals surface area contributed by atoms with E-state index in [9.17, 15) is 27.6 Å². The molecule has 12 heteroatoms. The van der Waals surface area contributed by atoms with Crippen molar-refractivity contribution in [3.8, 4) is 0 Å². The lowest BCUT2D eigenvalue weighted by molar-refractivity contribution is 0.0877. The van der Waals surface area contributed by atoms with Crippen LogP contribution in [0.1, 0.15) is 53.4 Å². The van der Waals surface area contributed by atoms with Gasteiger partial charge in [0.05, 0.1) is 28.5 Å². The summed E-state index contributed by atoms with van der Waals surface area (Å²) in [4.78, 5) is 54.0. The molecule has 0 atom stereocenters. The first-order valence-corrected chi connectivity index (χ1v) is 14.0. The molecule has 1 aliphatic heterocycles. The van der Waals surface area contributed by atoms with Crippen molar-refractivity contribution in [2.24, 2.45) is 0 Å². The second-order valence-corrected chi connectivity index (χ2v) is 11.0. The average Bonchev–Trinajstić information content (AvgIpc) is 3.42. The molecule has 39 heavy (non-hydrogen) atoms. The number of imide groups is 1. The first-order chi connectivity index (χ1) is 18.6. The molecule has 2 heterocycles. The SMILES string of the molecule is CS(=O)(=O)NCCCNC(=O)c1cccc(CNC(=O)c2cc3c(c4c2[nH]c2ccccc24)C(=O)NC3=O)c1. The van der Waals surface area contributed by atoms with E-state index in [2.05, 4.69) is 25.7 Å². The zero-order valence-electron chi connectivity index (χ0n) is 20.9. The number of carbonyl (C=O) groups excluding carboxylic acids is 4. The molecule has 1 aromatic heterocycles. The van der Waals surface area contributed by atoms with Gasteiger partial charge in [-0.2, -0.15) is 0 Å². The normalized spacial score (nSPS) is 12.9. The predicted molar refractivity (Wildman–Crippen MR) is 145 cm³/mol. The number of nitrogens with one attached hydrogen (secondary N) is 5. The second-order valence-electron chi connectivity index (χ2n) is 9.21. The third-order valence-corrected chi connectivity index (χ3v) is 7.10. The van der Waals surface area contributed by atoms with Gasteiger partial charge in [-0.05, 0) is 36.2 Å². The van der Waals surface area contributed by atoms with E-state index < -0.39 is 27.7 Å². The third-order valence-electron chi connectivity index (χ3n) is 6.37. The van der Waals surface area contributed by atoms with Gasteiger partial charge in [0.15, 0.2) is 0 Å². The largest absolute Gasteiger partial charge is 0.354 e. The van der Waals surface area contributed by atoms with Crippen LogP contribution < -0.4 is 20.7 Å². The van der Waals surface area contributed by atoms with Gasteiger partial charge in [-0.25, -0.2) is 13.1 Å². The van der Waals surface area contributed by atoms with Crippen LogP contribution in [0.3, 0.4) is 0 Å². The number of hydrogen-bond acceptors (Lipinski definition) is 6. The molecular formula is C27H25N5O6S. The van der Waals surface area contributed by atoms with Gasteiger partial charge >= 0.3 is 0 Å². The topological polar surface area (TPSA) is 166 Å². The molecule has 4 aromatic rings. The number of aromatic nitrogens is 1. The Labute approximate surface area is 223 Å². The van der Waals surface area contributed by atoms with Gasteiger partial charge in [0.2, 0.25) is 10.0 Å². The zero-order valence-corrected chi connectivity index (χ0v) is 21.7. The molecule has 4 amide bonds. The van der Waals surface area contributed by atoms with Gasteiger partial charge in [0, 0.05) is 41.5 Å². The number of benzene rings is 3. The number of amides is 4. The lowest BCUT2D eigenvalue weighted by atomic mass is 9.98. The molecule has 3 aromatic carbocycles. The number of H-pyrrole nitrogens is 1. The summed E-state index contributed by atoms with van der Waals surface area (Å²) in [6.07, 6.45) is 1.50. The molecule has 1 aliphatic rings. The Morgan fingerprint density at radius 3 is 2.49 bits per heavy atom. The molecule has 0 fully saturated rings. The predicted octanol–water partition coefficient (Wildman–Crippen LogP) is 1.80. The molecule has 0 aliphatic carbocycles. The number of aromatic amines is 1. The molecule has 200 valence electrons. The van der Waals surface area contributed by atoms with Crippen molar-refractivity contribution < 1.29 is 27.6 Å². The number of rotatable bonds is 9. The molecule has 0 spiro atoms. The maximum atomic E-state index is 13.3. The fraction of sp³-hybridized carbons (Fsp3) is 0.185. The van der Waals surface area contributed by atoms with Crippen LogP contribution in [0.15, 0.2) is 54.6 Å². The highest BCUT2D eigenvalue weighted by atomic mass is 32.2. The van der Waals surface area contributed by atoms with Gasteiger partial charge in [0.25, 0.3) is 23.6 Å². The van der Waals surface area contributed by atoms with Crippen molar-refractivity contribution in [2.45, 2.75) is 13.0 Å². The zero-order chi connectivity index (χ0) is 27.7. The molecule has 11 nitrogen and oxygen atoms in total. The minimum atomic E-state index is -3.28. The minimum absolute atomic E-state index is 0.113. The van der Waals surface area contributed by atoms with Crippen LogP contribution >= 0.6 is 0 Å². The second kappa shape index (κ2) is 10.3. The first kappa shape index (κ1) is 26.1. The summed E-state index contributed by atoms with van der Waals surface area (Å²) in [5.41, 5.74) is 2.87. The summed E-state index contributed by atoms with van der Waals surface area (Å²) >= 11 is 0. The number of carbonyl (C=O) groups is 4. The van der Waals surface area contributed by atoms with Gasteiger partial charge in [-0.15, -0.1) is 0 Å². The number of para-hydroxylation sites is 1. The highest BCUT2D eigenvalue weighted by Gasteiger charge is 2.33. The molecule has 0 saturated carbocycles. The Bertz CT molecular complexity index is 1780. The lowest BCUT2D eigenvalue weighted by Crippen LogP contribution is -2.29. The van der Waals surface area contributed by atoms with Crippen molar-refractivity contribution in [1.82, 2.24) is 25.7 Å². The molecule has 0 saturated heterocycles. The van der Waals surface area contributed by atoms with Crippen LogP contribution in [0.4, 0.5) is 0 Å². The van der Waals surface area contributed by atoms with Crippen LogP contribution in [0.5, 0.6) is 0 Å². The molecular weight excluding hydrogens is 522 g/mol. The van der Waals surface area contributed by atoms with E-state index in [0.717, 1.165) is 17.2 Å². The van der Waals surface area contributed by atoms with Crippen LogP contribution in [-0.2, 0) is 16.6 Å². The number of hydrogen-bond donors (Lipinski definition) is 5. The van der Waals surface area contributed by atoms with Gasteiger partial charge in [-0.1, -0.05) is 30.3 Å². The highest BCUT2D eigenvalue weighted by Crippen LogP contribution is 2.35. The Morgan fingerprint density at radius 2 is 1.69 bits per heavy atom. The Hall–Kier alpha value is -4.55. The van der Waals surface area contributed by atoms with Crippen molar-refractivity contribution in [3.05, 3.63) is 82.4 Å². The number of fused-ring (bicyclic) bond motifs is 5. The van der Waals surface area contributed by atoms with E-state index in [-0.39, 0.29) is 42.2 Å². The van der Waals surface area contributed by atoms with Crippen molar-refractivity contribution >= 4 is 55.5 Å². The molecule has 5 rings (SSSR count). The Morgan fingerprint density at radius 1 is 0.897 bits per heavy atom. The van der Waals surface area contributed by atoms with Crippen LogP contribution in [-0.4, -0.2) is 56.4 Å². The average molecular weight is 548 g/mol. The van der Waals surface area contributed by atoms with E-state index in [1.807, 2.05) is 24.3 Å². The van der Waals surface area contributed by atoms with Crippen molar-refractivity contribution in [3.63, 3.8) is 0 Å². The van der Waals surface area contributed by atoms with Crippen LogP contribution in [0, 0.1) is 0 Å². The van der Waals surface area contributed by atoms with Crippen LogP contribution in [0.2, 0.25) is 0 Å². The minimum Gasteiger partial charge on any atom is -0.354 e. The highest BCUT2D eigenvalue weighted by molar-refractivity contribution is 7.88. The van der Waals surface area contributed by atoms with E-state index in [4.69, 9.17) is 0 Å². The quantitative estimate of drug-likeness (QED) is 0.158. The Kier molecular flexibility index (Phi) is 6.89. The van der Waals surface area contributed by atoms with E-state index in [0.29, 0.717) is 28.5 Å². The summed E-state index contributed by atoms with van der Waals surface area (Å²) in [7, 11) is -3.28. The Balaban J connectivity index is 1.32. The van der Waals surface area contributed by atoms with Gasteiger partial charge < -0.3 is 15.6 Å². The van der Waals surface area contributed by atoms with Crippen molar-refractivity contribution in [1.29, 1.82) is 0 Å². The van der Waals surface area contributed by atoms with Crippen LogP contribution in [0.25, 0.3) is 21.8 Å². The molecule has 0 unspecified atom stereocenters. The first-order valence-electron chi connectivity index (χ1n) is 12.2. The van der Waals surface area contributed by atoms with Crippen molar-refractivity contribution in [2.75, 3.05) is 19.3 Å². The third kappa shape index (κ3) is 5.38. The standard InChI is InChI=1S/C27H25N5O6S/c1-39(37,38)30-11-5-10-28-24(33)16-7-4-6-15(12-16)14-29-25(34)19-13-18-22(27(36)32-26(18)35)21-17-8-2-3-9-20(17)31-23(19)21/h2-4,6-9,12-13,30-31H,5,10-11,14H2,1H3,(H,28,33)(H,29,34)(H,32,35,36). The lowest BCUT2D eigenvalue weighted by Gasteiger charge is -2.10. The van der Waals surface area contributed by atoms with E-state index in [1.54, 1.807) is 24.3 Å². The van der Waals surface area contributed by atoms with Gasteiger partial charge in [0.1, 0.15) is 0 Å². The maximum absolute atomic E-state index is 13.3. The van der Waals surface area contributed by atoms with Gasteiger partial charge in [-0.3, -0.25) is 24.5 Å². The summed E-state index contributed by atoms with van der Waals surface area (Å²) in [6, 6.07) is 15.5. The monoisotopic (exact) mass is 547 g/mol. The summed E-state index contributed by atoms with van der Waals surface area (Å²) in [6.45, 7) is 0.618. The molecule has 0 bridgehead atoms. The summed E-state index contributed by atoms with van der Waals surface area (Å²) in [5.74, 6) is -1.83. The fourth-order valence-corrected chi connectivity index (χ4v) is 5.12. The smallest absolute Gasteiger partial charge is 0.259 e. The number of sulfonamides is 1. The summed E-state index contributed by atoms with van der Waals surface area (Å²) < 4.78 is 24.6. The molecule has 0 radical (unpaired) electrons. The molecule has 5 N–H and O–H groups in total.